The van der Waals surface area contributed by atoms with Crippen molar-refractivity contribution in [3.63, 3.8) is 0 Å². The van der Waals surface area contributed by atoms with E-state index < -0.39 is 0 Å². The fourth-order valence-corrected chi connectivity index (χ4v) is 3.36. The number of anilines is 1. The molecule has 6 nitrogen and oxygen atoms in total. The molecular formula is C21H27N4O2. The van der Waals surface area contributed by atoms with Gasteiger partial charge in [-0.2, -0.15) is 0 Å². The maximum Gasteiger partial charge on any atom is 0.152 e. The van der Waals surface area contributed by atoms with E-state index in [0.717, 1.165) is 47.0 Å². The number of pyridine rings is 1. The number of aromatic nitrogens is 3. The summed E-state index contributed by atoms with van der Waals surface area (Å²) < 4.78 is 7.94. The molecule has 0 fully saturated rings. The van der Waals surface area contributed by atoms with Gasteiger partial charge in [-0.1, -0.05) is 31.5 Å². The highest BCUT2D eigenvalue weighted by Crippen LogP contribution is 2.29. The van der Waals surface area contributed by atoms with E-state index in [9.17, 15) is 4.79 Å². The Labute approximate surface area is 159 Å². The van der Waals surface area contributed by atoms with Gasteiger partial charge in [0, 0.05) is 24.8 Å². The zero-order chi connectivity index (χ0) is 19.4. The first-order chi connectivity index (χ1) is 13.0. The lowest BCUT2D eigenvalue weighted by atomic mass is 10.2. The van der Waals surface area contributed by atoms with E-state index in [1.807, 2.05) is 24.3 Å². The summed E-state index contributed by atoms with van der Waals surface area (Å²) in [6.45, 7) is 8.70. The largest absolute Gasteiger partial charge is 0.382 e. The lowest BCUT2D eigenvalue weighted by molar-refractivity contribution is -0.119. The molecule has 0 aliphatic carbocycles. The van der Waals surface area contributed by atoms with Crippen molar-refractivity contribution in [2.45, 2.75) is 52.2 Å². The van der Waals surface area contributed by atoms with E-state index in [0.29, 0.717) is 25.4 Å². The van der Waals surface area contributed by atoms with Crippen LogP contribution in [0.2, 0.25) is 0 Å². The van der Waals surface area contributed by atoms with E-state index in [1.165, 1.54) is 0 Å². The molecule has 0 bridgehead atoms. The summed E-state index contributed by atoms with van der Waals surface area (Å²) in [7, 11) is 0. The second kappa shape index (κ2) is 8.48. The molecule has 2 heterocycles. The number of unbranched alkanes of at least 4 members (excludes halogenated alkanes) is 1. The molecule has 27 heavy (non-hydrogen) atoms. The summed E-state index contributed by atoms with van der Waals surface area (Å²) in [5.74, 6) is 1.52. The molecule has 0 amide bonds. The Morgan fingerprint density at radius 1 is 1.33 bits per heavy atom. The van der Waals surface area contributed by atoms with Crippen LogP contribution in [0.25, 0.3) is 21.9 Å². The molecule has 2 aromatic heterocycles. The van der Waals surface area contributed by atoms with E-state index in [-0.39, 0.29) is 11.9 Å². The minimum absolute atomic E-state index is 0.0801. The maximum atomic E-state index is 11.2. The second-order valence-electron chi connectivity index (χ2n) is 6.89. The summed E-state index contributed by atoms with van der Waals surface area (Å²) in [5.41, 5.74) is 8.80. The molecule has 0 spiro atoms. The summed E-state index contributed by atoms with van der Waals surface area (Å²) >= 11 is 0. The summed E-state index contributed by atoms with van der Waals surface area (Å²) in [5, 5.41) is 1.03. The Kier molecular flexibility index (Phi) is 6.06. The van der Waals surface area contributed by atoms with Crippen molar-refractivity contribution in [2.24, 2.45) is 0 Å². The Hall–Kier alpha value is -2.47. The number of hydrogen-bond acceptors (Lipinski definition) is 5. The number of carbonyl (C=O) groups excluding carboxylic acids is 1. The molecule has 2 N–H and O–H groups in total. The van der Waals surface area contributed by atoms with Gasteiger partial charge in [0.15, 0.2) is 5.82 Å². The standard InChI is InChI=1S/C21H27N4O2/c1-4-5-10-18-24-19-20(16-8-6-7-9-17(16)23-21(19)22)25(18)11-12-27-15(3)13-14(2)26/h6-9,15H,3-5,10-13H2,1-2H3,(H2,22,23). The highest BCUT2D eigenvalue weighted by atomic mass is 16.5. The van der Waals surface area contributed by atoms with Gasteiger partial charge in [-0.3, -0.25) is 4.79 Å². The van der Waals surface area contributed by atoms with Gasteiger partial charge in [-0.25, -0.2) is 9.97 Å². The van der Waals surface area contributed by atoms with Gasteiger partial charge in [0.05, 0.1) is 23.7 Å². The Bertz CT molecular complexity index is 948. The fraction of sp³-hybridized carbons (Fsp3) is 0.429. The number of nitrogen functional groups attached to an aromatic ring is 1. The second-order valence-corrected chi connectivity index (χ2v) is 6.89. The third kappa shape index (κ3) is 4.27. The van der Waals surface area contributed by atoms with Gasteiger partial charge in [-0.05, 0) is 26.3 Å². The van der Waals surface area contributed by atoms with Gasteiger partial charge < -0.3 is 15.0 Å². The van der Waals surface area contributed by atoms with Crippen molar-refractivity contribution in [2.75, 3.05) is 12.3 Å². The molecule has 143 valence electrons. The first kappa shape index (κ1) is 19.3. The average Bonchev–Trinajstić information content (AvgIpc) is 2.99. The number of Topliss-reactive ketones (excluding diaryl/α,β-unsaturated/α-hetero) is 1. The number of hydrogen-bond donors (Lipinski definition) is 1. The minimum Gasteiger partial charge on any atom is -0.382 e. The predicted molar refractivity (Wildman–Crippen MR) is 108 cm³/mol. The normalized spacial score (nSPS) is 12.7. The quantitative estimate of drug-likeness (QED) is 0.623. The van der Waals surface area contributed by atoms with Crippen LogP contribution >= 0.6 is 0 Å². The van der Waals surface area contributed by atoms with Crippen molar-refractivity contribution in [1.29, 1.82) is 0 Å². The smallest absolute Gasteiger partial charge is 0.152 e. The van der Waals surface area contributed by atoms with Crippen molar-refractivity contribution < 1.29 is 9.53 Å². The van der Waals surface area contributed by atoms with Crippen LogP contribution in [0.15, 0.2) is 24.3 Å². The van der Waals surface area contributed by atoms with Crippen LogP contribution in [0.4, 0.5) is 5.82 Å². The van der Waals surface area contributed by atoms with Crippen LogP contribution in [0, 0.1) is 6.92 Å². The minimum atomic E-state index is -0.333. The highest BCUT2D eigenvalue weighted by molar-refractivity contribution is 6.06. The van der Waals surface area contributed by atoms with E-state index in [4.69, 9.17) is 15.5 Å². The Balaban J connectivity index is 1.98. The number of ether oxygens (including phenoxy) is 1. The van der Waals surface area contributed by atoms with Crippen LogP contribution in [0.3, 0.4) is 0 Å². The van der Waals surface area contributed by atoms with Crippen molar-refractivity contribution in [1.82, 2.24) is 14.5 Å². The average molecular weight is 367 g/mol. The number of fused-ring (bicyclic) bond motifs is 3. The number of benzene rings is 1. The fourth-order valence-electron chi connectivity index (χ4n) is 3.36. The summed E-state index contributed by atoms with van der Waals surface area (Å²) in [6, 6.07) is 7.96. The zero-order valence-electron chi connectivity index (χ0n) is 16.1. The molecule has 6 heteroatoms. The zero-order valence-corrected chi connectivity index (χ0v) is 16.1. The Morgan fingerprint density at radius 2 is 2.11 bits per heavy atom. The van der Waals surface area contributed by atoms with Gasteiger partial charge >= 0.3 is 0 Å². The molecule has 0 saturated carbocycles. The van der Waals surface area contributed by atoms with Gasteiger partial charge in [0.2, 0.25) is 0 Å². The molecule has 0 saturated heterocycles. The van der Waals surface area contributed by atoms with Crippen LogP contribution in [-0.2, 0) is 22.5 Å². The van der Waals surface area contributed by atoms with Gasteiger partial charge in [0.25, 0.3) is 0 Å². The number of nitrogens with two attached hydrogens (primary N) is 1. The van der Waals surface area contributed by atoms with Crippen LogP contribution in [0.1, 0.15) is 38.9 Å². The van der Waals surface area contributed by atoms with Crippen molar-refractivity contribution >= 4 is 33.5 Å². The van der Waals surface area contributed by atoms with Crippen LogP contribution in [-0.4, -0.2) is 33.0 Å². The highest BCUT2D eigenvalue weighted by Gasteiger charge is 2.17. The first-order valence-corrected chi connectivity index (χ1v) is 9.48. The van der Waals surface area contributed by atoms with Crippen molar-refractivity contribution in [3.05, 3.63) is 37.0 Å². The lowest BCUT2D eigenvalue weighted by Gasteiger charge is -2.14. The molecule has 1 atom stereocenters. The SMILES string of the molecule is [CH2]C(CC(C)=O)OCCn1c(CCCC)nc2c(N)nc3ccccc3c21. The molecular weight excluding hydrogens is 340 g/mol. The van der Waals surface area contributed by atoms with Crippen LogP contribution in [0.5, 0.6) is 0 Å². The van der Waals surface area contributed by atoms with Crippen molar-refractivity contribution in [3.8, 4) is 0 Å². The third-order valence-corrected chi connectivity index (χ3v) is 4.63. The van der Waals surface area contributed by atoms with E-state index >= 15 is 0 Å². The molecule has 1 aromatic carbocycles. The van der Waals surface area contributed by atoms with E-state index in [1.54, 1.807) is 6.92 Å². The topological polar surface area (TPSA) is 83.0 Å². The predicted octanol–water partition coefficient (Wildman–Crippen LogP) is 3.71. The molecule has 3 aromatic rings. The van der Waals surface area contributed by atoms with Gasteiger partial charge in [0.1, 0.15) is 17.1 Å². The molecule has 0 aliphatic rings. The number of ketones is 1. The Morgan fingerprint density at radius 3 is 2.85 bits per heavy atom. The van der Waals surface area contributed by atoms with E-state index in [2.05, 4.69) is 23.4 Å². The maximum absolute atomic E-state index is 11.2. The molecule has 0 aliphatic heterocycles. The number of carbonyl (C=O) groups is 1. The summed E-state index contributed by atoms with van der Waals surface area (Å²) in [6.07, 6.45) is 3.01. The van der Waals surface area contributed by atoms with Gasteiger partial charge in [-0.15, -0.1) is 0 Å². The number of rotatable bonds is 9. The summed E-state index contributed by atoms with van der Waals surface area (Å²) in [4.78, 5) is 20.5. The molecule has 1 unspecified atom stereocenters. The number of aryl methyl sites for hydroxylation is 1. The molecule has 3 rings (SSSR count). The number of para-hydroxylation sites is 1. The molecule has 1 radical (unpaired) electrons. The van der Waals surface area contributed by atoms with Crippen LogP contribution < -0.4 is 5.73 Å². The number of imidazole rings is 1. The monoisotopic (exact) mass is 367 g/mol. The third-order valence-electron chi connectivity index (χ3n) is 4.63. The first-order valence-electron chi connectivity index (χ1n) is 9.48. The number of nitrogens with zero attached hydrogens (tertiary/aromatic N) is 3. The lowest BCUT2D eigenvalue weighted by Crippen LogP contribution is -2.17.